The Morgan fingerprint density at radius 1 is 0.838 bits per heavy atom. The number of ether oxygens (including phenoxy) is 3. The van der Waals surface area contributed by atoms with Gasteiger partial charge in [0.2, 0.25) is 0 Å². The number of methoxy groups -OCH3 is 3. The first-order valence-electron chi connectivity index (χ1n) is 12.6. The molecule has 194 valence electrons. The highest BCUT2D eigenvalue weighted by Gasteiger charge is 2.34. The van der Waals surface area contributed by atoms with Crippen LogP contribution in [0, 0.1) is 5.92 Å². The summed E-state index contributed by atoms with van der Waals surface area (Å²) in [6.07, 6.45) is 6.04. The molecule has 37 heavy (non-hydrogen) atoms. The zero-order chi connectivity index (χ0) is 26.3. The van der Waals surface area contributed by atoms with Gasteiger partial charge in [-0.3, -0.25) is 9.69 Å². The highest BCUT2D eigenvalue weighted by molar-refractivity contribution is 5.70. The van der Waals surface area contributed by atoms with Crippen molar-refractivity contribution in [1.29, 1.82) is 0 Å². The minimum atomic E-state index is -0.710. The zero-order valence-corrected chi connectivity index (χ0v) is 21.7. The number of carboxylic acid groups (broad SMARTS) is 1. The summed E-state index contributed by atoms with van der Waals surface area (Å²) in [5, 5.41) is 9.51. The van der Waals surface area contributed by atoms with Crippen molar-refractivity contribution in [1.82, 2.24) is 4.90 Å². The van der Waals surface area contributed by atoms with E-state index in [-0.39, 0.29) is 5.92 Å². The average Bonchev–Trinajstić information content (AvgIpc) is 2.96. The van der Waals surface area contributed by atoms with Gasteiger partial charge in [0.25, 0.3) is 0 Å². The Balaban J connectivity index is 1.81. The van der Waals surface area contributed by atoms with E-state index in [2.05, 4.69) is 53.5 Å². The van der Waals surface area contributed by atoms with Crippen molar-refractivity contribution in [2.24, 2.45) is 5.92 Å². The summed E-state index contributed by atoms with van der Waals surface area (Å²) in [5.41, 5.74) is 2.65. The summed E-state index contributed by atoms with van der Waals surface area (Å²) in [5.74, 6) is 1.35. The van der Waals surface area contributed by atoms with Crippen LogP contribution in [0.2, 0.25) is 0 Å². The van der Waals surface area contributed by atoms with E-state index in [1.54, 1.807) is 21.3 Å². The van der Waals surface area contributed by atoms with Gasteiger partial charge in [0, 0.05) is 13.1 Å². The normalized spacial score (nSPS) is 16.5. The van der Waals surface area contributed by atoms with Gasteiger partial charge in [-0.25, -0.2) is 0 Å². The summed E-state index contributed by atoms with van der Waals surface area (Å²) in [6.45, 7) is 2.14. The fourth-order valence-corrected chi connectivity index (χ4v) is 5.15. The lowest BCUT2D eigenvalue weighted by molar-refractivity contribution is -0.143. The average molecular weight is 502 g/mol. The number of nitrogens with zero attached hydrogens (tertiary/aromatic N) is 1. The van der Waals surface area contributed by atoms with Crippen molar-refractivity contribution in [2.75, 3.05) is 41.0 Å². The maximum absolute atomic E-state index is 11.6. The van der Waals surface area contributed by atoms with Crippen molar-refractivity contribution in [2.45, 2.75) is 18.3 Å². The molecule has 0 radical (unpaired) electrons. The molecule has 6 nitrogen and oxygen atoms in total. The lowest BCUT2D eigenvalue weighted by atomic mass is 9.69. The molecule has 1 atom stereocenters. The maximum atomic E-state index is 11.6. The summed E-state index contributed by atoms with van der Waals surface area (Å²) in [4.78, 5) is 13.8. The molecular weight excluding hydrogens is 466 g/mol. The first kappa shape index (κ1) is 26.3. The second kappa shape index (κ2) is 12.0. The van der Waals surface area contributed by atoms with E-state index >= 15 is 0 Å². The maximum Gasteiger partial charge on any atom is 0.307 e. The predicted molar refractivity (Wildman–Crippen MR) is 145 cm³/mol. The molecule has 1 fully saturated rings. The van der Waals surface area contributed by atoms with Gasteiger partial charge < -0.3 is 19.3 Å². The molecule has 0 aromatic heterocycles. The Hall–Kier alpha value is -3.77. The van der Waals surface area contributed by atoms with Crippen molar-refractivity contribution < 1.29 is 24.1 Å². The Morgan fingerprint density at radius 3 is 1.65 bits per heavy atom. The van der Waals surface area contributed by atoms with Crippen molar-refractivity contribution in [3.05, 3.63) is 102 Å². The van der Waals surface area contributed by atoms with Crippen LogP contribution in [0.4, 0.5) is 0 Å². The van der Waals surface area contributed by atoms with Crippen molar-refractivity contribution in [3.63, 3.8) is 0 Å². The summed E-state index contributed by atoms with van der Waals surface area (Å²) >= 11 is 0. The fraction of sp³-hybridized carbons (Fsp3) is 0.323. The van der Waals surface area contributed by atoms with E-state index in [1.165, 1.54) is 0 Å². The number of aliphatic carboxylic acids is 1. The van der Waals surface area contributed by atoms with Gasteiger partial charge in [-0.15, -0.1) is 0 Å². The molecule has 1 aliphatic rings. The molecule has 3 aromatic rings. The summed E-state index contributed by atoms with van der Waals surface area (Å²) in [6, 6.07) is 24.5. The number of rotatable bonds is 10. The first-order valence-corrected chi connectivity index (χ1v) is 12.6. The van der Waals surface area contributed by atoms with Crippen LogP contribution in [0.15, 0.2) is 84.9 Å². The van der Waals surface area contributed by atoms with Crippen LogP contribution < -0.4 is 14.2 Å². The van der Waals surface area contributed by atoms with Gasteiger partial charge in [0.05, 0.1) is 32.7 Å². The van der Waals surface area contributed by atoms with E-state index in [0.29, 0.717) is 13.1 Å². The van der Waals surface area contributed by atoms with Crippen LogP contribution in [-0.2, 0) is 10.2 Å². The largest absolute Gasteiger partial charge is 0.497 e. The third-order valence-corrected chi connectivity index (χ3v) is 7.22. The molecule has 0 spiro atoms. The van der Waals surface area contributed by atoms with Gasteiger partial charge in [0.1, 0.15) is 17.2 Å². The SMILES string of the molecule is COc1ccc(C(/C=C/CN2CCC[C@H](C(=O)O)C2)(c2ccc(OC)cc2)c2ccc(OC)cc2)cc1. The molecule has 1 N–H and O–H groups in total. The van der Waals surface area contributed by atoms with Gasteiger partial charge in [-0.05, 0) is 72.5 Å². The Kier molecular flexibility index (Phi) is 8.51. The Bertz CT molecular complexity index is 1070. The predicted octanol–water partition coefficient (Wildman–Crippen LogP) is 5.40. The zero-order valence-electron chi connectivity index (χ0n) is 21.7. The number of carbonyl (C=O) groups is 1. The van der Waals surface area contributed by atoms with E-state index < -0.39 is 11.4 Å². The Morgan fingerprint density at radius 2 is 1.27 bits per heavy atom. The molecule has 1 saturated heterocycles. The highest BCUT2D eigenvalue weighted by Crippen LogP contribution is 2.42. The molecule has 1 heterocycles. The van der Waals surface area contributed by atoms with Gasteiger partial charge in [0.15, 0.2) is 0 Å². The number of likely N-dealkylation sites (tertiary alicyclic amines) is 1. The van der Waals surface area contributed by atoms with Crippen molar-refractivity contribution >= 4 is 5.97 Å². The van der Waals surface area contributed by atoms with Crippen LogP contribution >= 0.6 is 0 Å². The van der Waals surface area contributed by atoms with E-state index in [4.69, 9.17) is 14.2 Å². The summed E-state index contributed by atoms with van der Waals surface area (Å²) < 4.78 is 16.3. The molecule has 4 rings (SSSR count). The molecule has 0 unspecified atom stereocenters. The highest BCUT2D eigenvalue weighted by atomic mass is 16.5. The van der Waals surface area contributed by atoms with Gasteiger partial charge >= 0.3 is 5.97 Å². The molecule has 0 bridgehead atoms. The van der Waals surface area contributed by atoms with Crippen molar-refractivity contribution in [3.8, 4) is 17.2 Å². The number of allylic oxidation sites excluding steroid dienone is 1. The summed E-state index contributed by atoms with van der Waals surface area (Å²) in [7, 11) is 4.99. The van der Waals surface area contributed by atoms with E-state index in [0.717, 1.165) is 53.3 Å². The minimum absolute atomic E-state index is 0.309. The smallest absolute Gasteiger partial charge is 0.307 e. The lowest BCUT2D eigenvalue weighted by Gasteiger charge is -2.34. The molecule has 6 heteroatoms. The molecule has 0 amide bonds. The third-order valence-electron chi connectivity index (χ3n) is 7.22. The lowest BCUT2D eigenvalue weighted by Crippen LogP contribution is -2.38. The fourth-order valence-electron chi connectivity index (χ4n) is 5.15. The van der Waals surface area contributed by atoms with Crippen LogP contribution in [0.3, 0.4) is 0 Å². The quantitative estimate of drug-likeness (QED) is 0.296. The number of carboxylic acids is 1. The first-order chi connectivity index (χ1) is 18.0. The molecular formula is C31H35NO5. The molecule has 0 aliphatic carbocycles. The molecule has 1 aliphatic heterocycles. The number of hydrogen-bond acceptors (Lipinski definition) is 5. The van der Waals surface area contributed by atoms with Gasteiger partial charge in [-0.2, -0.15) is 0 Å². The number of hydrogen-bond donors (Lipinski definition) is 1. The number of piperidine rings is 1. The van der Waals surface area contributed by atoms with Gasteiger partial charge in [-0.1, -0.05) is 48.6 Å². The molecule has 0 saturated carbocycles. The van der Waals surface area contributed by atoms with E-state index in [9.17, 15) is 9.90 Å². The van der Waals surface area contributed by atoms with E-state index in [1.807, 2.05) is 36.4 Å². The van der Waals surface area contributed by atoms with Crippen LogP contribution in [-0.4, -0.2) is 56.9 Å². The minimum Gasteiger partial charge on any atom is -0.497 e. The standard InChI is InChI=1S/C31H35NO5/c1-35-27-13-7-24(8-14-27)31(25-9-15-28(36-2)16-10-25,26-11-17-29(37-3)18-12-26)19-5-21-32-20-4-6-23(22-32)30(33)34/h5,7-19,23H,4,6,20-22H2,1-3H3,(H,33,34)/b19-5+/t23-/m0/s1. The monoisotopic (exact) mass is 501 g/mol. The second-order valence-corrected chi connectivity index (χ2v) is 9.33. The second-order valence-electron chi connectivity index (χ2n) is 9.33. The van der Waals surface area contributed by atoms with Crippen LogP contribution in [0.1, 0.15) is 29.5 Å². The van der Waals surface area contributed by atoms with Crippen LogP contribution in [0.25, 0.3) is 0 Å². The Labute approximate surface area is 219 Å². The molecule has 3 aromatic carbocycles. The topological polar surface area (TPSA) is 68.2 Å². The third kappa shape index (κ3) is 5.81. The van der Waals surface area contributed by atoms with Crippen LogP contribution in [0.5, 0.6) is 17.2 Å². The number of benzene rings is 3.